The van der Waals surface area contributed by atoms with E-state index in [2.05, 4.69) is 15.4 Å². The Kier molecular flexibility index (Phi) is 3.65. The van der Waals surface area contributed by atoms with E-state index in [4.69, 9.17) is 4.42 Å². The summed E-state index contributed by atoms with van der Waals surface area (Å²) in [6.07, 6.45) is -0.650. The molecule has 0 atom stereocenters. The number of amides is 2. The molecule has 0 spiro atoms. The number of hydrogen-bond acceptors (Lipinski definition) is 4. The molecule has 0 radical (unpaired) electrons. The second-order valence-electron chi connectivity index (χ2n) is 4.70. The molecular formula is C16H14N2O4. The summed E-state index contributed by atoms with van der Waals surface area (Å²) in [5, 5.41) is 7.02. The lowest BCUT2D eigenvalue weighted by Crippen LogP contribution is -2.32. The second kappa shape index (κ2) is 5.77. The Hall–Kier alpha value is -3.02. The van der Waals surface area contributed by atoms with Crippen LogP contribution < -0.4 is 10.6 Å². The molecule has 0 bridgehead atoms. The van der Waals surface area contributed by atoms with Crippen molar-refractivity contribution in [1.29, 1.82) is 0 Å². The van der Waals surface area contributed by atoms with E-state index < -0.39 is 6.09 Å². The van der Waals surface area contributed by atoms with Crippen molar-refractivity contribution in [1.82, 2.24) is 5.32 Å². The van der Waals surface area contributed by atoms with Gasteiger partial charge in [0.25, 0.3) is 0 Å². The summed E-state index contributed by atoms with van der Waals surface area (Å²) in [5.41, 5.74) is 2.09. The molecule has 112 valence electrons. The van der Waals surface area contributed by atoms with E-state index in [0.717, 1.165) is 16.4 Å². The average molecular weight is 298 g/mol. The summed E-state index contributed by atoms with van der Waals surface area (Å²) in [6, 6.07) is 13.2. The maximum atomic E-state index is 11.7. The van der Waals surface area contributed by atoms with Crippen LogP contribution in [-0.2, 0) is 9.53 Å². The van der Waals surface area contributed by atoms with Gasteiger partial charge in [0, 0.05) is 22.5 Å². The van der Waals surface area contributed by atoms with E-state index in [9.17, 15) is 9.59 Å². The van der Waals surface area contributed by atoms with Gasteiger partial charge in [-0.2, -0.15) is 0 Å². The van der Waals surface area contributed by atoms with E-state index in [1.165, 1.54) is 7.11 Å². The van der Waals surface area contributed by atoms with Crippen LogP contribution in [0.25, 0.3) is 21.9 Å². The molecule has 1 aromatic heterocycles. The number of alkyl carbamates (subject to hydrolysis) is 1. The van der Waals surface area contributed by atoms with Gasteiger partial charge in [0.2, 0.25) is 5.91 Å². The number of rotatable bonds is 3. The summed E-state index contributed by atoms with van der Waals surface area (Å²) in [5.74, 6) is -0.346. The minimum Gasteiger partial charge on any atom is -0.456 e. The van der Waals surface area contributed by atoms with Gasteiger partial charge in [-0.3, -0.25) is 4.79 Å². The molecule has 0 aliphatic heterocycles. The highest BCUT2D eigenvalue weighted by Gasteiger charge is 2.09. The molecule has 0 fully saturated rings. The first-order chi connectivity index (χ1) is 10.7. The van der Waals surface area contributed by atoms with Crippen LogP contribution in [0.2, 0.25) is 0 Å². The zero-order chi connectivity index (χ0) is 15.5. The van der Waals surface area contributed by atoms with Gasteiger partial charge in [0.1, 0.15) is 17.7 Å². The van der Waals surface area contributed by atoms with Crippen molar-refractivity contribution >= 4 is 39.6 Å². The molecule has 22 heavy (non-hydrogen) atoms. The standard InChI is InChI=1S/C16H14N2O4/c1-21-16(20)17-9-15(19)18-10-6-7-12-11-4-2-3-5-13(11)22-14(12)8-10/h2-8H,9H2,1H3,(H,17,20)(H,18,19). The van der Waals surface area contributed by atoms with Crippen molar-refractivity contribution < 1.29 is 18.7 Å². The Morgan fingerprint density at radius 3 is 2.68 bits per heavy atom. The molecule has 0 saturated heterocycles. The highest BCUT2D eigenvalue weighted by atomic mass is 16.5. The van der Waals surface area contributed by atoms with Gasteiger partial charge in [-0.15, -0.1) is 0 Å². The molecule has 0 unspecified atom stereocenters. The first kappa shape index (κ1) is 13.9. The van der Waals surface area contributed by atoms with Crippen molar-refractivity contribution in [3.8, 4) is 0 Å². The Bertz CT molecular complexity index is 854. The molecule has 1 heterocycles. The lowest BCUT2D eigenvalue weighted by atomic mass is 10.1. The summed E-state index contributed by atoms with van der Waals surface area (Å²) >= 11 is 0. The highest BCUT2D eigenvalue weighted by Crippen LogP contribution is 2.30. The van der Waals surface area contributed by atoms with Crippen LogP contribution in [0.5, 0.6) is 0 Å². The second-order valence-corrected chi connectivity index (χ2v) is 4.70. The van der Waals surface area contributed by atoms with Crippen LogP contribution in [0.3, 0.4) is 0 Å². The molecular weight excluding hydrogens is 284 g/mol. The first-order valence-electron chi connectivity index (χ1n) is 6.70. The highest BCUT2D eigenvalue weighted by molar-refractivity contribution is 6.06. The zero-order valence-electron chi connectivity index (χ0n) is 11.9. The third-order valence-corrected chi connectivity index (χ3v) is 3.24. The minimum absolute atomic E-state index is 0.162. The van der Waals surface area contributed by atoms with E-state index in [0.29, 0.717) is 11.3 Å². The summed E-state index contributed by atoms with van der Waals surface area (Å²) in [4.78, 5) is 22.6. The van der Waals surface area contributed by atoms with Gasteiger partial charge in [0.05, 0.1) is 7.11 Å². The van der Waals surface area contributed by atoms with E-state index in [1.807, 2.05) is 30.3 Å². The van der Waals surface area contributed by atoms with Crippen molar-refractivity contribution in [2.45, 2.75) is 0 Å². The van der Waals surface area contributed by atoms with Crippen LogP contribution in [0.4, 0.5) is 10.5 Å². The molecule has 6 heteroatoms. The smallest absolute Gasteiger partial charge is 0.407 e. The summed E-state index contributed by atoms with van der Waals surface area (Å²) in [6.45, 7) is -0.162. The number of furan rings is 1. The lowest BCUT2D eigenvalue weighted by molar-refractivity contribution is -0.115. The van der Waals surface area contributed by atoms with Crippen LogP contribution >= 0.6 is 0 Å². The molecule has 0 saturated carbocycles. The van der Waals surface area contributed by atoms with Crippen LogP contribution in [-0.4, -0.2) is 25.7 Å². The normalized spacial score (nSPS) is 10.6. The monoisotopic (exact) mass is 298 g/mol. The van der Waals surface area contributed by atoms with Gasteiger partial charge in [-0.05, 0) is 18.2 Å². The molecule has 2 N–H and O–H groups in total. The molecule has 2 aromatic carbocycles. The fraction of sp³-hybridized carbons (Fsp3) is 0.125. The molecule has 6 nitrogen and oxygen atoms in total. The molecule has 3 aromatic rings. The SMILES string of the molecule is COC(=O)NCC(=O)Nc1ccc2c(c1)oc1ccccc12. The van der Waals surface area contributed by atoms with Gasteiger partial charge in [-0.25, -0.2) is 4.79 Å². The Morgan fingerprint density at radius 1 is 1.09 bits per heavy atom. The maximum absolute atomic E-state index is 11.7. The first-order valence-corrected chi connectivity index (χ1v) is 6.70. The van der Waals surface area contributed by atoms with Gasteiger partial charge in [-0.1, -0.05) is 18.2 Å². The third-order valence-electron chi connectivity index (χ3n) is 3.24. The molecule has 0 aliphatic carbocycles. The fourth-order valence-electron chi connectivity index (χ4n) is 2.23. The number of para-hydroxylation sites is 1. The number of nitrogens with one attached hydrogen (secondary N) is 2. The van der Waals surface area contributed by atoms with Crippen LogP contribution in [0, 0.1) is 0 Å². The Morgan fingerprint density at radius 2 is 1.86 bits per heavy atom. The number of anilines is 1. The van der Waals surface area contributed by atoms with E-state index in [1.54, 1.807) is 12.1 Å². The molecule has 3 rings (SSSR count). The van der Waals surface area contributed by atoms with Crippen molar-refractivity contribution in [3.05, 3.63) is 42.5 Å². The number of carbonyl (C=O) groups is 2. The molecule has 0 aliphatic rings. The Balaban J connectivity index is 1.79. The predicted octanol–water partition coefficient (Wildman–Crippen LogP) is 2.88. The number of methoxy groups -OCH3 is 1. The van der Waals surface area contributed by atoms with Gasteiger partial charge in [0.15, 0.2) is 0 Å². The van der Waals surface area contributed by atoms with Gasteiger partial charge < -0.3 is 19.8 Å². The van der Waals surface area contributed by atoms with Crippen molar-refractivity contribution in [3.63, 3.8) is 0 Å². The summed E-state index contributed by atoms with van der Waals surface area (Å²) < 4.78 is 10.1. The zero-order valence-corrected chi connectivity index (χ0v) is 11.9. The lowest BCUT2D eigenvalue weighted by Gasteiger charge is -2.06. The van der Waals surface area contributed by atoms with Crippen molar-refractivity contribution in [2.75, 3.05) is 19.0 Å². The van der Waals surface area contributed by atoms with Gasteiger partial charge >= 0.3 is 6.09 Å². The number of benzene rings is 2. The topological polar surface area (TPSA) is 80.6 Å². The predicted molar refractivity (Wildman–Crippen MR) is 82.8 cm³/mol. The number of carbonyl (C=O) groups excluding carboxylic acids is 2. The average Bonchev–Trinajstić information content (AvgIpc) is 2.90. The van der Waals surface area contributed by atoms with Crippen LogP contribution in [0.1, 0.15) is 0 Å². The third kappa shape index (κ3) is 2.71. The van der Waals surface area contributed by atoms with Crippen molar-refractivity contribution in [2.24, 2.45) is 0 Å². The van der Waals surface area contributed by atoms with E-state index in [-0.39, 0.29) is 12.5 Å². The number of fused-ring (bicyclic) bond motifs is 3. The fourth-order valence-corrected chi connectivity index (χ4v) is 2.23. The largest absolute Gasteiger partial charge is 0.456 e. The molecule has 2 amide bonds. The van der Waals surface area contributed by atoms with E-state index >= 15 is 0 Å². The number of hydrogen-bond donors (Lipinski definition) is 2. The van der Waals surface area contributed by atoms with Crippen LogP contribution in [0.15, 0.2) is 46.9 Å². The minimum atomic E-state index is -0.650. The number of ether oxygens (including phenoxy) is 1. The Labute approximate surface area is 126 Å². The maximum Gasteiger partial charge on any atom is 0.407 e. The quantitative estimate of drug-likeness (QED) is 0.779. The summed E-state index contributed by atoms with van der Waals surface area (Å²) in [7, 11) is 1.24.